The number of hydrogen-bond acceptors (Lipinski definition) is 4. The Morgan fingerprint density at radius 3 is 2.72 bits per heavy atom. The number of benzene rings is 1. The fourth-order valence-electron chi connectivity index (χ4n) is 2.29. The van der Waals surface area contributed by atoms with E-state index in [1.165, 1.54) is 18.6 Å². The summed E-state index contributed by atoms with van der Waals surface area (Å²) < 4.78 is 0. The standard InChI is InChI=1S/C13H18N2O3/c1-9-5-10(9)7-14(2)13-4-3-12(15(17)18)6-11(13)8-16/h3-4,6,9-10,16H,5,7-8H2,1-2H3. The number of nitro benzene ring substituents is 1. The molecule has 1 aromatic rings. The van der Waals surface area contributed by atoms with Gasteiger partial charge in [0.25, 0.3) is 5.69 Å². The van der Waals surface area contributed by atoms with Gasteiger partial charge in [0.15, 0.2) is 0 Å². The van der Waals surface area contributed by atoms with Gasteiger partial charge in [0.05, 0.1) is 11.5 Å². The maximum Gasteiger partial charge on any atom is 0.269 e. The third-order valence-electron chi connectivity index (χ3n) is 3.64. The molecule has 1 saturated carbocycles. The molecule has 1 N–H and O–H groups in total. The van der Waals surface area contributed by atoms with Crippen molar-refractivity contribution in [3.63, 3.8) is 0 Å². The van der Waals surface area contributed by atoms with E-state index in [2.05, 4.69) is 11.8 Å². The summed E-state index contributed by atoms with van der Waals surface area (Å²) >= 11 is 0. The molecule has 1 aromatic carbocycles. The number of aliphatic hydroxyl groups is 1. The van der Waals surface area contributed by atoms with Gasteiger partial charge in [-0.05, 0) is 24.3 Å². The maximum absolute atomic E-state index is 10.7. The van der Waals surface area contributed by atoms with Crippen LogP contribution in [0.3, 0.4) is 0 Å². The molecule has 0 amide bonds. The number of aliphatic hydroxyl groups excluding tert-OH is 1. The Morgan fingerprint density at radius 2 is 2.22 bits per heavy atom. The van der Waals surface area contributed by atoms with Crippen molar-refractivity contribution in [1.82, 2.24) is 0 Å². The maximum atomic E-state index is 10.7. The third kappa shape index (κ3) is 2.61. The van der Waals surface area contributed by atoms with E-state index in [0.717, 1.165) is 18.2 Å². The molecule has 1 aliphatic carbocycles. The normalized spacial score (nSPS) is 21.7. The highest BCUT2D eigenvalue weighted by Crippen LogP contribution is 2.39. The topological polar surface area (TPSA) is 66.6 Å². The molecule has 0 spiro atoms. The van der Waals surface area contributed by atoms with Gasteiger partial charge in [0, 0.05) is 37.0 Å². The van der Waals surface area contributed by atoms with E-state index in [0.29, 0.717) is 11.5 Å². The van der Waals surface area contributed by atoms with Crippen LogP contribution in [0.1, 0.15) is 18.9 Å². The number of nitro groups is 1. The molecule has 0 aromatic heterocycles. The summed E-state index contributed by atoms with van der Waals surface area (Å²) in [6, 6.07) is 4.65. The van der Waals surface area contributed by atoms with Crippen molar-refractivity contribution in [2.45, 2.75) is 20.0 Å². The molecule has 1 aliphatic rings. The molecule has 0 aliphatic heterocycles. The van der Waals surface area contributed by atoms with E-state index in [1.54, 1.807) is 6.07 Å². The number of non-ortho nitro benzene ring substituents is 1. The van der Waals surface area contributed by atoms with E-state index in [4.69, 9.17) is 0 Å². The summed E-state index contributed by atoms with van der Waals surface area (Å²) in [5, 5.41) is 20.0. The van der Waals surface area contributed by atoms with Crippen LogP contribution in [0.25, 0.3) is 0 Å². The van der Waals surface area contributed by atoms with Gasteiger partial charge >= 0.3 is 0 Å². The minimum absolute atomic E-state index is 0.0241. The van der Waals surface area contributed by atoms with Crippen LogP contribution < -0.4 is 4.90 Å². The van der Waals surface area contributed by atoms with Crippen LogP contribution in [-0.2, 0) is 6.61 Å². The van der Waals surface area contributed by atoms with Crippen molar-refractivity contribution >= 4 is 11.4 Å². The van der Waals surface area contributed by atoms with Gasteiger partial charge in [-0.25, -0.2) is 0 Å². The largest absolute Gasteiger partial charge is 0.392 e. The average Bonchev–Trinajstić information content (AvgIpc) is 3.03. The number of anilines is 1. The Kier molecular flexibility index (Phi) is 3.52. The highest BCUT2D eigenvalue weighted by molar-refractivity contribution is 5.57. The second-order valence-corrected chi connectivity index (χ2v) is 5.08. The lowest BCUT2D eigenvalue weighted by Gasteiger charge is -2.21. The van der Waals surface area contributed by atoms with Crippen LogP contribution >= 0.6 is 0 Å². The van der Waals surface area contributed by atoms with Crippen molar-refractivity contribution < 1.29 is 10.0 Å². The van der Waals surface area contributed by atoms with Crippen LogP contribution in [0.5, 0.6) is 0 Å². The van der Waals surface area contributed by atoms with E-state index in [1.807, 2.05) is 7.05 Å². The van der Waals surface area contributed by atoms with Crippen molar-refractivity contribution in [3.8, 4) is 0 Å². The van der Waals surface area contributed by atoms with Crippen LogP contribution in [0.2, 0.25) is 0 Å². The van der Waals surface area contributed by atoms with E-state index >= 15 is 0 Å². The van der Waals surface area contributed by atoms with Crippen molar-refractivity contribution in [2.75, 3.05) is 18.5 Å². The van der Waals surface area contributed by atoms with Crippen LogP contribution in [0.4, 0.5) is 11.4 Å². The van der Waals surface area contributed by atoms with Crippen LogP contribution in [0, 0.1) is 22.0 Å². The smallest absolute Gasteiger partial charge is 0.269 e. The predicted octanol–water partition coefficient (Wildman–Crippen LogP) is 2.18. The van der Waals surface area contributed by atoms with E-state index in [9.17, 15) is 15.2 Å². The van der Waals surface area contributed by atoms with Gasteiger partial charge in [-0.15, -0.1) is 0 Å². The van der Waals surface area contributed by atoms with Crippen molar-refractivity contribution in [2.24, 2.45) is 11.8 Å². The first-order valence-electron chi connectivity index (χ1n) is 6.12. The number of rotatable bonds is 5. The van der Waals surface area contributed by atoms with Crippen molar-refractivity contribution in [1.29, 1.82) is 0 Å². The highest BCUT2D eigenvalue weighted by Gasteiger charge is 2.33. The summed E-state index contributed by atoms with van der Waals surface area (Å²) in [7, 11) is 1.96. The molecule has 5 heteroatoms. The fourth-order valence-corrected chi connectivity index (χ4v) is 2.29. The van der Waals surface area contributed by atoms with Crippen LogP contribution in [0.15, 0.2) is 18.2 Å². The predicted molar refractivity (Wildman–Crippen MR) is 69.6 cm³/mol. The molecule has 2 atom stereocenters. The minimum atomic E-state index is -0.439. The molecule has 0 heterocycles. The lowest BCUT2D eigenvalue weighted by Crippen LogP contribution is -2.21. The van der Waals surface area contributed by atoms with E-state index < -0.39 is 4.92 Å². The molecule has 2 unspecified atom stereocenters. The Balaban J connectivity index is 2.18. The molecule has 2 rings (SSSR count). The molecule has 0 saturated heterocycles. The Hall–Kier alpha value is -1.62. The first-order chi connectivity index (χ1) is 8.52. The fraction of sp³-hybridized carbons (Fsp3) is 0.538. The summed E-state index contributed by atoms with van der Waals surface area (Å²) in [6.07, 6.45) is 1.24. The minimum Gasteiger partial charge on any atom is -0.392 e. The van der Waals surface area contributed by atoms with Crippen LogP contribution in [-0.4, -0.2) is 23.6 Å². The zero-order valence-electron chi connectivity index (χ0n) is 10.7. The van der Waals surface area contributed by atoms with E-state index in [-0.39, 0.29) is 12.3 Å². The molecular weight excluding hydrogens is 232 g/mol. The first-order valence-corrected chi connectivity index (χ1v) is 6.12. The third-order valence-corrected chi connectivity index (χ3v) is 3.64. The molecule has 18 heavy (non-hydrogen) atoms. The highest BCUT2D eigenvalue weighted by atomic mass is 16.6. The summed E-state index contributed by atoms with van der Waals surface area (Å²) in [4.78, 5) is 12.3. The zero-order chi connectivity index (χ0) is 13.3. The van der Waals surface area contributed by atoms with Crippen molar-refractivity contribution in [3.05, 3.63) is 33.9 Å². The summed E-state index contributed by atoms with van der Waals surface area (Å²) in [5.74, 6) is 1.47. The molecule has 0 bridgehead atoms. The Bertz CT molecular complexity index is 462. The lowest BCUT2D eigenvalue weighted by atomic mass is 10.1. The van der Waals surface area contributed by atoms with Gasteiger partial charge in [-0.2, -0.15) is 0 Å². The van der Waals surface area contributed by atoms with Gasteiger partial charge in [0.2, 0.25) is 0 Å². The average molecular weight is 250 g/mol. The molecule has 98 valence electrons. The van der Waals surface area contributed by atoms with Gasteiger partial charge < -0.3 is 10.0 Å². The van der Waals surface area contributed by atoms with Gasteiger partial charge in [-0.1, -0.05) is 6.92 Å². The molecule has 1 fully saturated rings. The SMILES string of the molecule is CC1CC1CN(C)c1ccc([N+](=O)[O-])cc1CO. The van der Waals surface area contributed by atoms with Gasteiger partial charge in [0.1, 0.15) is 0 Å². The van der Waals surface area contributed by atoms with Gasteiger partial charge in [-0.3, -0.25) is 10.1 Å². The summed E-state index contributed by atoms with van der Waals surface area (Å²) in [5.41, 5.74) is 1.51. The second kappa shape index (κ2) is 4.94. The molecule has 0 radical (unpaired) electrons. The Morgan fingerprint density at radius 1 is 1.56 bits per heavy atom. The monoisotopic (exact) mass is 250 g/mol. The number of nitrogens with zero attached hydrogens (tertiary/aromatic N) is 2. The molecular formula is C13H18N2O3. The zero-order valence-corrected chi connectivity index (χ0v) is 10.7. The summed E-state index contributed by atoms with van der Waals surface area (Å²) in [6.45, 7) is 2.98. The Labute approximate surface area is 106 Å². The number of hydrogen-bond donors (Lipinski definition) is 1. The molecule has 5 nitrogen and oxygen atoms in total. The second-order valence-electron chi connectivity index (χ2n) is 5.08. The lowest BCUT2D eigenvalue weighted by molar-refractivity contribution is -0.384. The first kappa shape index (κ1) is 12.8. The quantitative estimate of drug-likeness (QED) is 0.642.